The van der Waals surface area contributed by atoms with Crippen molar-refractivity contribution < 1.29 is 0 Å². The van der Waals surface area contributed by atoms with E-state index in [1.54, 1.807) is 30.5 Å². The van der Waals surface area contributed by atoms with Gasteiger partial charge in [0.25, 0.3) is 0 Å². The Kier molecular flexibility index (Phi) is 1.50. The second kappa shape index (κ2) is 2.50. The van der Waals surface area contributed by atoms with E-state index in [1.807, 2.05) is 10.7 Å². The Bertz CT molecular complexity index is 369. The minimum Gasteiger partial charge on any atom is -0.275 e. The predicted molar refractivity (Wildman–Crippen MR) is 42.6 cm³/mol. The van der Waals surface area contributed by atoms with E-state index in [-0.39, 0.29) is 0 Å². The maximum atomic E-state index is 3.98. The molecule has 0 amide bonds. The molecule has 0 saturated heterocycles. The number of aromatic nitrogens is 4. The van der Waals surface area contributed by atoms with E-state index >= 15 is 0 Å². The van der Waals surface area contributed by atoms with Gasteiger partial charge in [0.05, 0.1) is 17.9 Å². The molecule has 0 bridgehead atoms. The molecule has 0 saturated carbocycles. The fraction of sp³-hybridized carbons (Fsp3) is 0.167. The Morgan fingerprint density at radius 1 is 1.45 bits per heavy atom. The lowest BCUT2D eigenvalue weighted by atomic mass is 10.6. The van der Waals surface area contributed by atoms with Crippen LogP contribution in [0.4, 0.5) is 0 Å². The number of fused-ring (bicyclic) bond motifs is 1. The lowest BCUT2D eigenvalue weighted by molar-refractivity contribution is 0.807. The lowest BCUT2D eigenvalue weighted by Crippen LogP contribution is -1.93. The van der Waals surface area contributed by atoms with Gasteiger partial charge in [-0.05, 0) is 6.26 Å². The van der Waals surface area contributed by atoms with E-state index in [9.17, 15) is 0 Å². The van der Waals surface area contributed by atoms with Gasteiger partial charge in [-0.3, -0.25) is 4.40 Å². The maximum Gasteiger partial charge on any atom is 0.195 e. The summed E-state index contributed by atoms with van der Waals surface area (Å²) in [6.45, 7) is 0. The molecule has 56 valence electrons. The SMILES string of the molecule is CSc1nncc2cncn12. The zero-order chi connectivity index (χ0) is 7.68. The number of hydrogen-bond acceptors (Lipinski definition) is 4. The molecule has 2 aromatic heterocycles. The maximum absolute atomic E-state index is 3.98. The highest BCUT2D eigenvalue weighted by atomic mass is 32.2. The number of imidazole rings is 1. The molecular formula is C6H6N4S. The van der Waals surface area contributed by atoms with Crippen LogP contribution in [0.3, 0.4) is 0 Å². The summed E-state index contributed by atoms with van der Waals surface area (Å²) in [5.74, 6) is 0. The summed E-state index contributed by atoms with van der Waals surface area (Å²) in [6, 6.07) is 0. The topological polar surface area (TPSA) is 43.1 Å². The molecule has 0 aliphatic heterocycles. The summed E-state index contributed by atoms with van der Waals surface area (Å²) in [7, 11) is 0. The van der Waals surface area contributed by atoms with E-state index in [0.29, 0.717) is 0 Å². The van der Waals surface area contributed by atoms with Crippen LogP contribution in [-0.4, -0.2) is 25.8 Å². The molecule has 11 heavy (non-hydrogen) atoms. The first-order chi connectivity index (χ1) is 5.42. The van der Waals surface area contributed by atoms with Crippen LogP contribution >= 0.6 is 11.8 Å². The third-order valence-electron chi connectivity index (χ3n) is 1.39. The monoisotopic (exact) mass is 166 g/mol. The van der Waals surface area contributed by atoms with Crippen LogP contribution in [0.1, 0.15) is 0 Å². The molecule has 0 spiro atoms. The molecule has 0 unspecified atom stereocenters. The molecule has 0 fully saturated rings. The molecule has 2 rings (SSSR count). The largest absolute Gasteiger partial charge is 0.275 e. The highest BCUT2D eigenvalue weighted by Gasteiger charge is 1.98. The minimum absolute atomic E-state index is 0.861. The average Bonchev–Trinajstić information content (AvgIpc) is 2.50. The van der Waals surface area contributed by atoms with Crippen LogP contribution in [0.15, 0.2) is 23.9 Å². The van der Waals surface area contributed by atoms with E-state index in [1.165, 1.54) is 0 Å². The van der Waals surface area contributed by atoms with Crippen molar-refractivity contribution in [2.24, 2.45) is 0 Å². The molecule has 0 N–H and O–H groups in total. The molecule has 5 heteroatoms. The second-order valence-electron chi connectivity index (χ2n) is 2.02. The van der Waals surface area contributed by atoms with Crippen molar-refractivity contribution in [3.05, 3.63) is 18.7 Å². The third-order valence-corrected chi connectivity index (χ3v) is 2.03. The molecule has 0 atom stereocenters. The number of hydrogen-bond donors (Lipinski definition) is 0. The highest BCUT2D eigenvalue weighted by molar-refractivity contribution is 7.98. The summed E-state index contributed by atoms with van der Waals surface area (Å²) in [4.78, 5) is 3.98. The van der Waals surface area contributed by atoms with E-state index in [4.69, 9.17) is 0 Å². The van der Waals surface area contributed by atoms with Crippen molar-refractivity contribution in [3.63, 3.8) is 0 Å². The Morgan fingerprint density at radius 3 is 3.18 bits per heavy atom. The van der Waals surface area contributed by atoms with Crippen molar-refractivity contribution in [2.45, 2.75) is 5.16 Å². The standard InChI is InChI=1S/C6H6N4S/c1-11-6-9-8-3-5-2-7-4-10(5)6/h2-4H,1H3. The summed E-state index contributed by atoms with van der Waals surface area (Å²) in [6.07, 6.45) is 7.14. The van der Waals surface area contributed by atoms with Crippen molar-refractivity contribution in [3.8, 4) is 0 Å². The van der Waals surface area contributed by atoms with Gasteiger partial charge in [0, 0.05) is 0 Å². The highest BCUT2D eigenvalue weighted by Crippen LogP contribution is 2.11. The third kappa shape index (κ3) is 0.970. The normalized spacial score (nSPS) is 10.6. The van der Waals surface area contributed by atoms with Gasteiger partial charge in [-0.1, -0.05) is 11.8 Å². The predicted octanol–water partition coefficient (Wildman–Crippen LogP) is 0.846. The summed E-state index contributed by atoms with van der Waals surface area (Å²) < 4.78 is 1.90. The van der Waals surface area contributed by atoms with Crippen LogP contribution < -0.4 is 0 Å². The summed E-state index contributed by atoms with van der Waals surface area (Å²) in [5.41, 5.74) is 0.976. The zero-order valence-electron chi connectivity index (χ0n) is 5.93. The van der Waals surface area contributed by atoms with Crippen molar-refractivity contribution in [2.75, 3.05) is 6.26 Å². The van der Waals surface area contributed by atoms with Gasteiger partial charge in [-0.25, -0.2) is 4.98 Å². The van der Waals surface area contributed by atoms with Crippen LogP contribution in [0.25, 0.3) is 5.52 Å². The first-order valence-electron chi connectivity index (χ1n) is 3.09. The van der Waals surface area contributed by atoms with E-state index in [0.717, 1.165) is 10.7 Å². The molecule has 2 aromatic rings. The molecule has 0 radical (unpaired) electrons. The number of rotatable bonds is 1. The second-order valence-corrected chi connectivity index (χ2v) is 2.79. The first kappa shape index (κ1) is 6.60. The lowest BCUT2D eigenvalue weighted by Gasteiger charge is -1.96. The quantitative estimate of drug-likeness (QED) is 0.589. The van der Waals surface area contributed by atoms with Crippen LogP contribution in [-0.2, 0) is 0 Å². The first-order valence-corrected chi connectivity index (χ1v) is 4.32. The Morgan fingerprint density at radius 2 is 2.36 bits per heavy atom. The molecule has 0 aromatic carbocycles. The molecule has 0 aliphatic rings. The number of thioether (sulfide) groups is 1. The van der Waals surface area contributed by atoms with E-state index in [2.05, 4.69) is 15.2 Å². The molecule has 0 aliphatic carbocycles. The van der Waals surface area contributed by atoms with Gasteiger partial charge in [-0.2, -0.15) is 5.10 Å². The van der Waals surface area contributed by atoms with Gasteiger partial charge in [0.1, 0.15) is 6.33 Å². The van der Waals surface area contributed by atoms with Gasteiger partial charge >= 0.3 is 0 Å². The Labute approximate surface area is 67.7 Å². The van der Waals surface area contributed by atoms with Crippen LogP contribution in [0.2, 0.25) is 0 Å². The van der Waals surface area contributed by atoms with Gasteiger partial charge in [-0.15, -0.1) is 5.10 Å². The Balaban J connectivity index is 2.79. The molecule has 2 heterocycles. The smallest absolute Gasteiger partial charge is 0.195 e. The average molecular weight is 166 g/mol. The fourth-order valence-electron chi connectivity index (χ4n) is 0.885. The summed E-state index contributed by atoms with van der Waals surface area (Å²) >= 11 is 1.55. The molecule has 4 nitrogen and oxygen atoms in total. The van der Waals surface area contributed by atoms with Crippen LogP contribution in [0, 0.1) is 0 Å². The van der Waals surface area contributed by atoms with Crippen molar-refractivity contribution in [1.29, 1.82) is 0 Å². The van der Waals surface area contributed by atoms with Gasteiger partial charge in [0.15, 0.2) is 5.16 Å². The number of nitrogens with zero attached hydrogens (tertiary/aromatic N) is 4. The Hall–Kier alpha value is -1.10. The van der Waals surface area contributed by atoms with Gasteiger partial charge < -0.3 is 0 Å². The fourth-order valence-corrected chi connectivity index (χ4v) is 1.36. The van der Waals surface area contributed by atoms with Crippen LogP contribution in [0.5, 0.6) is 0 Å². The minimum atomic E-state index is 0.861. The molecular weight excluding hydrogens is 160 g/mol. The zero-order valence-corrected chi connectivity index (χ0v) is 6.75. The van der Waals surface area contributed by atoms with E-state index < -0.39 is 0 Å². The van der Waals surface area contributed by atoms with Crippen molar-refractivity contribution in [1.82, 2.24) is 19.6 Å². The summed E-state index contributed by atoms with van der Waals surface area (Å²) in [5, 5.41) is 8.62. The van der Waals surface area contributed by atoms with Gasteiger partial charge in [0.2, 0.25) is 0 Å². The van der Waals surface area contributed by atoms with Crippen molar-refractivity contribution >= 4 is 17.3 Å².